The van der Waals surface area contributed by atoms with Crippen LogP contribution in [0.5, 0.6) is 0 Å². The van der Waals surface area contributed by atoms with Crippen molar-refractivity contribution in [1.82, 2.24) is 0 Å². The Morgan fingerprint density at radius 2 is 1.10 bits per heavy atom. The van der Waals surface area contributed by atoms with Gasteiger partial charge in [-0.3, -0.25) is 0 Å². The Labute approximate surface area is 196 Å². The number of unbranched alkanes of at least 4 members (excludes halogenated alkanes) is 3. The van der Waals surface area contributed by atoms with Crippen LogP contribution in [0.15, 0.2) is 42.5 Å². The van der Waals surface area contributed by atoms with Crippen molar-refractivity contribution >= 4 is 28.7 Å². The van der Waals surface area contributed by atoms with Crippen LogP contribution in [0.1, 0.15) is 78.6 Å². The molecule has 0 aromatic heterocycles. The normalized spacial score (nSPS) is 8.87. The van der Waals surface area contributed by atoms with Gasteiger partial charge in [-0.1, -0.05) is 46.1 Å². The minimum absolute atomic E-state index is 0. The second-order valence-electron chi connectivity index (χ2n) is 6.58. The summed E-state index contributed by atoms with van der Waals surface area (Å²) < 4.78 is 0. The third-order valence-electron chi connectivity index (χ3n) is 3.75. The van der Waals surface area contributed by atoms with E-state index in [1.54, 1.807) is 0 Å². The Hall–Kier alpha value is -2.23. The van der Waals surface area contributed by atoms with Crippen LogP contribution in [0.2, 0.25) is 0 Å². The van der Waals surface area contributed by atoms with Crippen molar-refractivity contribution in [3.63, 3.8) is 0 Å². The molecule has 2 aromatic carbocycles. The van der Waals surface area contributed by atoms with Crippen molar-refractivity contribution < 1.29 is 47.1 Å². The van der Waals surface area contributed by atoms with E-state index in [0.717, 1.165) is 38.5 Å². The van der Waals surface area contributed by atoms with Crippen LogP contribution >= 0.6 is 0 Å². The number of carbonyl (C=O) groups excluding carboxylic acids is 3. The van der Waals surface area contributed by atoms with E-state index in [4.69, 9.17) is 0 Å². The Morgan fingerprint density at radius 1 is 0.710 bits per heavy atom. The fraction of sp³-hybridized carbons (Fsp3) is 0.500. The molecular weight excluding hydrogens is 436 g/mol. The Kier molecular flexibility index (Phi) is 25.9. The van der Waals surface area contributed by atoms with Crippen molar-refractivity contribution in [3.05, 3.63) is 42.5 Å². The molecule has 0 atom stereocenters. The summed E-state index contributed by atoms with van der Waals surface area (Å²) in [4.78, 5) is 28.9. The number of carbonyl (C=O) groups is 3. The number of fused-ring (bicyclic) bond motifs is 1. The Balaban J connectivity index is -0.000000337. The monoisotopic (exact) mass is 470 g/mol. The van der Waals surface area contributed by atoms with E-state index >= 15 is 0 Å². The average molecular weight is 471 g/mol. The Morgan fingerprint density at radius 3 is 1.39 bits per heavy atom. The minimum Gasteiger partial charge on any atom is -0.550 e. The van der Waals surface area contributed by atoms with Gasteiger partial charge >= 0.3 is 17.4 Å². The van der Waals surface area contributed by atoms with Crippen LogP contribution in [0.3, 0.4) is 0 Å². The molecule has 0 N–H and O–H groups in total. The number of aliphatic carboxylic acids is 3. The van der Waals surface area contributed by atoms with Gasteiger partial charge in [-0.2, -0.15) is 17.5 Å². The molecule has 0 unspecified atom stereocenters. The zero-order valence-corrected chi connectivity index (χ0v) is 20.0. The maximum atomic E-state index is 9.65. The summed E-state index contributed by atoms with van der Waals surface area (Å²) in [5.41, 5.74) is 0. The van der Waals surface area contributed by atoms with Gasteiger partial charge in [0.2, 0.25) is 0 Å². The molecule has 0 amide bonds. The summed E-state index contributed by atoms with van der Waals surface area (Å²) in [6.07, 6.45) is 5.60. The number of rotatable bonds is 9. The summed E-state index contributed by atoms with van der Waals surface area (Å²) in [6, 6.07) is 14.7. The smallest absolute Gasteiger partial charge is 0.550 e. The van der Waals surface area contributed by atoms with Crippen LogP contribution < -0.4 is 15.3 Å². The van der Waals surface area contributed by atoms with Gasteiger partial charge in [0.15, 0.2) is 0 Å². The first-order chi connectivity index (χ1) is 14.3. The van der Waals surface area contributed by atoms with Gasteiger partial charge < -0.3 is 29.7 Å². The molecule has 2 rings (SSSR count). The van der Waals surface area contributed by atoms with Gasteiger partial charge in [0.25, 0.3) is 0 Å². The van der Waals surface area contributed by atoms with Crippen molar-refractivity contribution in [1.29, 1.82) is 0 Å². The molecule has 0 aliphatic carbocycles. The molecule has 31 heavy (non-hydrogen) atoms. The summed E-state index contributed by atoms with van der Waals surface area (Å²) in [5, 5.41) is 31.6. The standard InChI is InChI=1S/C9H7.3C5H10O2.Cr/c1-2-5-9-7-3-6-8(9)4-1;3*1-2-3-4-5(6)7;/h1-7H;3*2-4H2,1H3,(H,6,7);/q-1;;;;+4/p-3. The molecule has 7 heteroatoms. The van der Waals surface area contributed by atoms with E-state index in [2.05, 4.69) is 42.5 Å². The first-order valence-corrected chi connectivity index (χ1v) is 10.5. The molecule has 6 nitrogen and oxygen atoms in total. The molecule has 0 saturated heterocycles. The van der Waals surface area contributed by atoms with E-state index in [1.807, 2.05) is 20.8 Å². The van der Waals surface area contributed by atoms with Crippen LogP contribution in [-0.2, 0) is 31.7 Å². The van der Waals surface area contributed by atoms with E-state index in [9.17, 15) is 29.7 Å². The molecule has 0 spiro atoms. The average Bonchev–Trinajstić information content (AvgIpc) is 3.19. The summed E-state index contributed by atoms with van der Waals surface area (Å²) in [6.45, 7) is 5.84. The molecule has 0 saturated carbocycles. The molecule has 0 fully saturated rings. The third kappa shape index (κ3) is 25.7. The summed E-state index contributed by atoms with van der Waals surface area (Å²) in [7, 11) is 0. The SMILES string of the molecule is CCCCC(=O)[O-].CCCCC(=O)[O-].CCCCC(=O)[O-].[Cr+4].c1ccc2[cH-]ccc2c1. The molecule has 0 radical (unpaired) electrons. The van der Waals surface area contributed by atoms with E-state index in [0.29, 0.717) is 0 Å². The van der Waals surface area contributed by atoms with E-state index in [1.165, 1.54) is 10.8 Å². The maximum Gasteiger partial charge on any atom is 4.00 e. The quantitative estimate of drug-likeness (QED) is 0.519. The molecular formula is C24H34CrO6. The van der Waals surface area contributed by atoms with Gasteiger partial charge in [-0.05, 0) is 38.5 Å². The molecule has 172 valence electrons. The fourth-order valence-corrected chi connectivity index (χ4v) is 2.03. The van der Waals surface area contributed by atoms with Crippen molar-refractivity contribution in [3.8, 4) is 0 Å². The molecule has 2 aromatic rings. The van der Waals surface area contributed by atoms with Crippen molar-refractivity contribution in [2.24, 2.45) is 0 Å². The first kappa shape index (κ1) is 33.4. The van der Waals surface area contributed by atoms with Crippen LogP contribution in [0, 0.1) is 0 Å². The number of carboxylic acids is 3. The molecule has 0 heterocycles. The predicted octanol–water partition coefficient (Wildman–Crippen LogP) is 2.34. The van der Waals surface area contributed by atoms with Crippen LogP contribution in [-0.4, -0.2) is 17.9 Å². The predicted molar refractivity (Wildman–Crippen MR) is 113 cm³/mol. The second-order valence-corrected chi connectivity index (χ2v) is 6.58. The van der Waals surface area contributed by atoms with Gasteiger partial charge in [0.1, 0.15) is 0 Å². The zero-order valence-electron chi connectivity index (χ0n) is 18.8. The first-order valence-electron chi connectivity index (χ1n) is 10.5. The summed E-state index contributed by atoms with van der Waals surface area (Å²) >= 11 is 0. The van der Waals surface area contributed by atoms with Crippen molar-refractivity contribution in [2.45, 2.75) is 78.6 Å². The van der Waals surface area contributed by atoms with Gasteiger partial charge in [-0.15, -0.1) is 29.7 Å². The minimum atomic E-state index is -0.943. The molecule has 0 aliphatic rings. The topological polar surface area (TPSA) is 120 Å². The van der Waals surface area contributed by atoms with Gasteiger partial charge in [-0.25, -0.2) is 0 Å². The molecule has 0 bridgehead atoms. The number of hydrogen-bond donors (Lipinski definition) is 0. The second kappa shape index (κ2) is 24.0. The van der Waals surface area contributed by atoms with E-state index < -0.39 is 17.9 Å². The van der Waals surface area contributed by atoms with Gasteiger partial charge in [0.05, 0.1) is 0 Å². The largest absolute Gasteiger partial charge is 4.00 e. The maximum absolute atomic E-state index is 9.65. The fourth-order valence-electron chi connectivity index (χ4n) is 2.03. The third-order valence-corrected chi connectivity index (χ3v) is 3.75. The van der Waals surface area contributed by atoms with Gasteiger partial charge in [0, 0.05) is 17.9 Å². The number of benzene rings is 1. The number of carboxylic acid groups (broad SMARTS) is 3. The van der Waals surface area contributed by atoms with Crippen LogP contribution in [0.25, 0.3) is 10.8 Å². The van der Waals surface area contributed by atoms with E-state index in [-0.39, 0.29) is 36.6 Å². The summed E-state index contributed by atoms with van der Waals surface area (Å²) in [5.74, 6) is -2.83. The van der Waals surface area contributed by atoms with Crippen molar-refractivity contribution in [2.75, 3.05) is 0 Å². The van der Waals surface area contributed by atoms with Crippen LogP contribution in [0.4, 0.5) is 0 Å². The molecule has 0 aliphatic heterocycles. The number of hydrogen-bond acceptors (Lipinski definition) is 6. The zero-order chi connectivity index (χ0) is 23.2. The Bertz CT molecular complexity index is 623.